The molecule has 0 radical (unpaired) electrons. The summed E-state index contributed by atoms with van der Waals surface area (Å²) in [4.78, 5) is 4.60. The lowest BCUT2D eigenvalue weighted by molar-refractivity contribution is 0.0574. The Bertz CT molecular complexity index is 717. The molecule has 0 spiro atoms. The lowest BCUT2D eigenvalue weighted by Gasteiger charge is -2.14. The zero-order valence-corrected chi connectivity index (χ0v) is 19.6. The first kappa shape index (κ1) is 24.2. The van der Waals surface area contributed by atoms with E-state index in [0.29, 0.717) is 17.5 Å². The Morgan fingerprint density at radius 1 is 1.26 bits per heavy atom. The minimum atomic E-state index is -3.18. The fourth-order valence-electron chi connectivity index (χ4n) is 3.23. The summed E-state index contributed by atoms with van der Waals surface area (Å²) in [6, 6.07) is 5.39. The van der Waals surface area contributed by atoms with Gasteiger partial charge >= 0.3 is 0 Å². The highest BCUT2D eigenvalue weighted by Gasteiger charge is 2.14. The van der Waals surface area contributed by atoms with Gasteiger partial charge in [-0.05, 0) is 43.4 Å². The maximum atomic E-state index is 11.7. The van der Waals surface area contributed by atoms with Gasteiger partial charge in [0.25, 0.3) is 0 Å². The Labute approximate surface area is 180 Å². The minimum absolute atomic E-state index is 0. The molecule has 27 heavy (non-hydrogen) atoms. The molecule has 0 aromatic heterocycles. The lowest BCUT2D eigenvalue weighted by Crippen LogP contribution is -2.37. The number of ether oxygens (including phenoxy) is 1. The van der Waals surface area contributed by atoms with E-state index in [4.69, 9.17) is 4.74 Å². The summed E-state index contributed by atoms with van der Waals surface area (Å²) in [7, 11) is -1.44. The number of halogens is 1. The number of aryl methyl sites for hydroxylation is 1. The predicted molar refractivity (Wildman–Crippen MR) is 121 cm³/mol. The third-order valence-corrected chi connectivity index (χ3v) is 5.85. The highest BCUT2D eigenvalue weighted by atomic mass is 127. The molecular weight excluding hydrogens is 477 g/mol. The van der Waals surface area contributed by atoms with Gasteiger partial charge in [-0.2, -0.15) is 0 Å². The topological polar surface area (TPSA) is 79.8 Å². The van der Waals surface area contributed by atoms with Crippen LogP contribution in [0.5, 0.6) is 0 Å². The molecule has 0 saturated heterocycles. The second kappa shape index (κ2) is 11.9. The fraction of sp³-hybridized carbons (Fsp3) is 0.632. The van der Waals surface area contributed by atoms with Gasteiger partial charge in [0.05, 0.1) is 11.0 Å². The molecule has 2 rings (SSSR count). The smallest absolute Gasteiger partial charge is 0.191 e. The molecule has 0 unspecified atom stereocenters. The van der Waals surface area contributed by atoms with E-state index in [1.165, 1.54) is 31.9 Å². The molecule has 0 heterocycles. The molecule has 8 heteroatoms. The van der Waals surface area contributed by atoms with Crippen molar-refractivity contribution < 1.29 is 13.2 Å². The number of nitrogens with zero attached hydrogens (tertiary/aromatic N) is 1. The summed E-state index contributed by atoms with van der Waals surface area (Å²) in [5, 5.41) is 6.53. The molecule has 1 aromatic rings. The average Bonchev–Trinajstić information content (AvgIpc) is 3.09. The van der Waals surface area contributed by atoms with Crippen LogP contribution < -0.4 is 10.6 Å². The van der Waals surface area contributed by atoms with E-state index >= 15 is 0 Å². The SMILES string of the molecule is CN=C(NCCCOC1CCCC1)NCc1ccc(S(C)(=O)=O)c(C)c1.I. The molecule has 0 aliphatic heterocycles. The van der Waals surface area contributed by atoms with Gasteiger partial charge < -0.3 is 15.4 Å². The fourth-order valence-corrected chi connectivity index (χ4v) is 4.19. The molecule has 1 aromatic carbocycles. The largest absolute Gasteiger partial charge is 0.378 e. The Balaban J connectivity index is 0.00000364. The minimum Gasteiger partial charge on any atom is -0.378 e. The quantitative estimate of drug-likeness (QED) is 0.244. The van der Waals surface area contributed by atoms with Crippen molar-refractivity contribution >= 4 is 39.8 Å². The third-order valence-electron chi connectivity index (χ3n) is 4.59. The Morgan fingerprint density at radius 3 is 2.56 bits per heavy atom. The van der Waals surface area contributed by atoms with E-state index < -0.39 is 9.84 Å². The van der Waals surface area contributed by atoms with Crippen LogP contribution in [0.15, 0.2) is 28.1 Å². The second-order valence-electron chi connectivity index (χ2n) is 6.86. The summed E-state index contributed by atoms with van der Waals surface area (Å²) in [5.41, 5.74) is 1.78. The van der Waals surface area contributed by atoms with Crippen molar-refractivity contribution in [3.8, 4) is 0 Å². The van der Waals surface area contributed by atoms with Crippen LogP contribution in [-0.2, 0) is 21.1 Å². The van der Waals surface area contributed by atoms with Gasteiger partial charge in [0.15, 0.2) is 15.8 Å². The monoisotopic (exact) mass is 509 g/mol. The standard InChI is InChI=1S/C19H31N3O3S.HI/c1-15-13-16(9-10-18(15)26(3,23)24)14-22-19(20-2)21-11-6-12-25-17-7-4-5-8-17;/h9-10,13,17H,4-8,11-12,14H2,1-3H3,(H2,20,21,22);1H. The number of hydrogen-bond donors (Lipinski definition) is 2. The second-order valence-corrected chi connectivity index (χ2v) is 8.84. The Hall–Kier alpha value is -0.870. The van der Waals surface area contributed by atoms with Crippen LogP contribution >= 0.6 is 24.0 Å². The number of benzene rings is 1. The lowest BCUT2D eigenvalue weighted by atomic mass is 10.1. The number of nitrogens with one attached hydrogen (secondary N) is 2. The number of hydrogen-bond acceptors (Lipinski definition) is 4. The van der Waals surface area contributed by atoms with Crippen molar-refractivity contribution in [1.82, 2.24) is 10.6 Å². The highest BCUT2D eigenvalue weighted by Crippen LogP contribution is 2.20. The Kier molecular flexibility index (Phi) is 10.6. The van der Waals surface area contributed by atoms with Gasteiger partial charge in [-0.3, -0.25) is 4.99 Å². The van der Waals surface area contributed by atoms with Crippen LogP contribution in [0.3, 0.4) is 0 Å². The summed E-state index contributed by atoms with van der Waals surface area (Å²) < 4.78 is 29.2. The molecule has 154 valence electrons. The summed E-state index contributed by atoms with van der Waals surface area (Å²) in [6.07, 6.45) is 7.64. The van der Waals surface area contributed by atoms with E-state index in [1.54, 1.807) is 13.1 Å². The van der Waals surface area contributed by atoms with Crippen LogP contribution in [0, 0.1) is 6.92 Å². The molecule has 6 nitrogen and oxygen atoms in total. The molecule has 0 bridgehead atoms. The van der Waals surface area contributed by atoms with Crippen molar-refractivity contribution in [1.29, 1.82) is 0 Å². The molecule has 0 amide bonds. The van der Waals surface area contributed by atoms with E-state index in [0.717, 1.165) is 36.7 Å². The highest BCUT2D eigenvalue weighted by molar-refractivity contribution is 14.0. The van der Waals surface area contributed by atoms with Crippen molar-refractivity contribution in [2.45, 2.75) is 56.6 Å². The van der Waals surface area contributed by atoms with Crippen LogP contribution in [0.2, 0.25) is 0 Å². The Morgan fingerprint density at radius 2 is 1.96 bits per heavy atom. The van der Waals surface area contributed by atoms with Crippen LogP contribution in [-0.4, -0.2) is 46.9 Å². The number of rotatable bonds is 8. The molecule has 1 aliphatic rings. The van der Waals surface area contributed by atoms with E-state index in [9.17, 15) is 8.42 Å². The number of sulfone groups is 1. The van der Waals surface area contributed by atoms with Crippen molar-refractivity contribution in [2.75, 3.05) is 26.5 Å². The van der Waals surface area contributed by atoms with E-state index in [1.807, 2.05) is 19.1 Å². The summed E-state index contributed by atoms with van der Waals surface area (Å²) >= 11 is 0. The maximum absolute atomic E-state index is 11.7. The first-order valence-electron chi connectivity index (χ1n) is 9.26. The first-order chi connectivity index (χ1) is 12.4. The molecule has 2 N–H and O–H groups in total. The van der Waals surface area contributed by atoms with Gasteiger partial charge in [0.2, 0.25) is 0 Å². The van der Waals surface area contributed by atoms with Gasteiger partial charge in [-0.1, -0.05) is 25.0 Å². The molecular formula is C19H32IN3O3S. The third kappa shape index (κ3) is 8.35. The van der Waals surface area contributed by atoms with Crippen molar-refractivity contribution in [3.05, 3.63) is 29.3 Å². The van der Waals surface area contributed by atoms with Gasteiger partial charge in [-0.25, -0.2) is 8.42 Å². The van der Waals surface area contributed by atoms with E-state index in [2.05, 4.69) is 15.6 Å². The molecule has 1 fully saturated rings. The van der Waals surface area contributed by atoms with E-state index in [-0.39, 0.29) is 24.0 Å². The van der Waals surface area contributed by atoms with Gasteiger partial charge in [0, 0.05) is 33.0 Å². The number of aliphatic imine (C=N–C) groups is 1. The summed E-state index contributed by atoms with van der Waals surface area (Å²) in [6.45, 7) is 3.99. The summed E-state index contributed by atoms with van der Waals surface area (Å²) in [5.74, 6) is 0.732. The maximum Gasteiger partial charge on any atom is 0.191 e. The van der Waals surface area contributed by atoms with Gasteiger partial charge in [-0.15, -0.1) is 24.0 Å². The normalized spacial score (nSPS) is 15.4. The molecule has 1 saturated carbocycles. The number of guanidine groups is 1. The molecule has 0 atom stereocenters. The average molecular weight is 509 g/mol. The van der Waals surface area contributed by atoms with Crippen molar-refractivity contribution in [2.24, 2.45) is 4.99 Å². The zero-order chi connectivity index (χ0) is 19.0. The first-order valence-corrected chi connectivity index (χ1v) is 11.1. The van der Waals surface area contributed by atoms with Gasteiger partial charge in [0.1, 0.15) is 0 Å². The van der Waals surface area contributed by atoms with Crippen LogP contribution in [0.4, 0.5) is 0 Å². The molecule has 1 aliphatic carbocycles. The zero-order valence-electron chi connectivity index (χ0n) is 16.5. The van der Waals surface area contributed by atoms with Crippen LogP contribution in [0.1, 0.15) is 43.2 Å². The van der Waals surface area contributed by atoms with Crippen LogP contribution in [0.25, 0.3) is 0 Å². The predicted octanol–water partition coefficient (Wildman–Crippen LogP) is 3.03. The van der Waals surface area contributed by atoms with Crippen molar-refractivity contribution in [3.63, 3.8) is 0 Å².